The number of piperazine rings is 1. The average Bonchev–Trinajstić information content (AvgIpc) is 2.69. The summed E-state index contributed by atoms with van der Waals surface area (Å²) in [5, 5.41) is 10.5. The number of nitrogens with zero attached hydrogens (tertiary/aromatic N) is 3. The van der Waals surface area contributed by atoms with Crippen molar-refractivity contribution in [1.82, 2.24) is 9.21 Å². The Hall–Kier alpha value is -2.66. The molecule has 0 spiro atoms. The lowest BCUT2D eigenvalue weighted by molar-refractivity contribution is -0.134. The molecule has 1 amide bonds. The number of rotatable bonds is 5. The van der Waals surface area contributed by atoms with Crippen LogP contribution in [0.1, 0.15) is 16.7 Å². The van der Waals surface area contributed by atoms with E-state index in [1.807, 2.05) is 6.07 Å². The van der Waals surface area contributed by atoms with Crippen LogP contribution in [-0.2, 0) is 21.4 Å². The van der Waals surface area contributed by atoms with Gasteiger partial charge in [-0.2, -0.15) is 9.57 Å². The van der Waals surface area contributed by atoms with Crippen molar-refractivity contribution in [2.45, 2.75) is 6.54 Å². The summed E-state index contributed by atoms with van der Waals surface area (Å²) in [5.74, 6) is -0.251. The molecule has 0 N–H and O–H groups in total. The molecular formula is C20H18ClN3O3S. The van der Waals surface area contributed by atoms with Crippen LogP contribution in [-0.4, -0.2) is 43.2 Å². The zero-order valence-corrected chi connectivity index (χ0v) is 16.5. The fraction of sp³-hybridized carbons (Fsp3) is 0.200. The van der Waals surface area contributed by atoms with Crippen molar-refractivity contribution in [3.05, 3.63) is 75.7 Å². The van der Waals surface area contributed by atoms with Gasteiger partial charge in [-0.3, -0.25) is 4.79 Å². The fourth-order valence-corrected chi connectivity index (χ4v) is 4.05. The topological polar surface area (TPSA) is 81.5 Å². The number of carbonyl (C=O) groups excluding carboxylic acids is 1. The predicted molar refractivity (Wildman–Crippen MR) is 108 cm³/mol. The first-order chi connectivity index (χ1) is 13.4. The average molecular weight is 416 g/mol. The molecule has 8 heteroatoms. The van der Waals surface area contributed by atoms with Gasteiger partial charge in [-0.1, -0.05) is 35.9 Å². The maximum absolute atomic E-state index is 12.5. The number of nitriles is 1. The van der Waals surface area contributed by atoms with Crippen LogP contribution in [0.25, 0.3) is 6.08 Å². The molecule has 0 atom stereocenters. The molecule has 0 aliphatic carbocycles. The first-order valence-corrected chi connectivity index (χ1v) is 10.5. The van der Waals surface area contributed by atoms with Crippen molar-refractivity contribution in [2.75, 3.05) is 19.6 Å². The Bertz CT molecular complexity index is 1030. The van der Waals surface area contributed by atoms with E-state index in [2.05, 4.69) is 0 Å². The molecular weight excluding hydrogens is 398 g/mol. The van der Waals surface area contributed by atoms with Crippen LogP contribution in [0, 0.1) is 11.3 Å². The van der Waals surface area contributed by atoms with E-state index in [0.29, 0.717) is 29.2 Å². The van der Waals surface area contributed by atoms with Crippen LogP contribution in [0.3, 0.4) is 0 Å². The summed E-state index contributed by atoms with van der Waals surface area (Å²) in [6.45, 7) is 0.741. The number of halogens is 1. The minimum atomic E-state index is -3.69. The molecule has 2 aromatic rings. The molecule has 0 bridgehead atoms. The van der Waals surface area contributed by atoms with Gasteiger partial charge in [0.1, 0.15) is 0 Å². The molecule has 144 valence electrons. The highest BCUT2D eigenvalue weighted by Crippen LogP contribution is 2.16. The van der Waals surface area contributed by atoms with Gasteiger partial charge in [0.2, 0.25) is 15.9 Å². The third kappa shape index (κ3) is 4.98. The van der Waals surface area contributed by atoms with Crippen LogP contribution in [0.4, 0.5) is 0 Å². The second kappa shape index (κ2) is 8.57. The number of hydrogen-bond donors (Lipinski definition) is 0. The van der Waals surface area contributed by atoms with Crippen LogP contribution in [0.5, 0.6) is 0 Å². The summed E-state index contributed by atoms with van der Waals surface area (Å²) in [6.07, 6.45) is 1.49. The minimum Gasteiger partial charge on any atom is -0.336 e. The van der Waals surface area contributed by atoms with Gasteiger partial charge >= 0.3 is 0 Å². The third-order valence-electron chi connectivity index (χ3n) is 4.40. The number of sulfonamides is 1. The van der Waals surface area contributed by atoms with Crippen molar-refractivity contribution in [3.63, 3.8) is 0 Å². The molecule has 1 fully saturated rings. The molecule has 3 rings (SSSR count). The second-order valence-electron chi connectivity index (χ2n) is 6.36. The van der Waals surface area contributed by atoms with Crippen LogP contribution >= 0.6 is 11.6 Å². The van der Waals surface area contributed by atoms with Gasteiger partial charge < -0.3 is 4.90 Å². The summed E-state index contributed by atoms with van der Waals surface area (Å²) in [6, 6.07) is 15.8. The minimum absolute atomic E-state index is 0.191. The summed E-state index contributed by atoms with van der Waals surface area (Å²) >= 11 is 5.82. The first-order valence-electron chi connectivity index (χ1n) is 8.58. The SMILES string of the molecule is N#Cc1ccc(CN2CCN(S(=O)(=O)/C=C/c3ccc(Cl)cc3)CC2=O)cc1. The molecule has 2 aromatic carbocycles. The van der Waals surface area contributed by atoms with Crippen molar-refractivity contribution in [2.24, 2.45) is 0 Å². The quantitative estimate of drug-likeness (QED) is 0.751. The van der Waals surface area contributed by atoms with Crippen LogP contribution < -0.4 is 0 Å². The van der Waals surface area contributed by atoms with Crippen LogP contribution in [0.15, 0.2) is 53.9 Å². The molecule has 0 unspecified atom stereocenters. The predicted octanol–water partition coefficient (Wildman–Crippen LogP) is 2.86. The van der Waals surface area contributed by atoms with Gasteiger partial charge in [0.05, 0.1) is 18.2 Å². The van der Waals surface area contributed by atoms with Crippen molar-refractivity contribution in [3.8, 4) is 6.07 Å². The summed E-state index contributed by atoms with van der Waals surface area (Å²) in [5.41, 5.74) is 2.16. The van der Waals surface area contributed by atoms with Gasteiger partial charge in [0.25, 0.3) is 0 Å². The normalized spacial score (nSPS) is 15.7. The summed E-state index contributed by atoms with van der Waals surface area (Å²) < 4.78 is 26.2. The highest BCUT2D eigenvalue weighted by Gasteiger charge is 2.30. The molecule has 1 saturated heterocycles. The molecule has 1 heterocycles. The van der Waals surface area contributed by atoms with Gasteiger partial charge in [0.15, 0.2) is 0 Å². The molecule has 1 aliphatic rings. The lowest BCUT2D eigenvalue weighted by atomic mass is 10.1. The van der Waals surface area contributed by atoms with Crippen molar-refractivity contribution < 1.29 is 13.2 Å². The summed E-state index contributed by atoms with van der Waals surface area (Å²) in [4.78, 5) is 14.0. The van der Waals surface area contributed by atoms with Crippen molar-refractivity contribution >= 4 is 33.6 Å². The van der Waals surface area contributed by atoms with E-state index < -0.39 is 10.0 Å². The van der Waals surface area contributed by atoms with Gasteiger partial charge in [0, 0.05) is 30.1 Å². The lowest BCUT2D eigenvalue weighted by Gasteiger charge is -2.33. The summed E-state index contributed by atoms with van der Waals surface area (Å²) in [7, 11) is -3.69. The molecule has 28 heavy (non-hydrogen) atoms. The zero-order valence-electron chi connectivity index (χ0n) is 15.0. The highest BCUT2D eigenvalue weighted by molar-refractivity contribution is 7.92. The van der Waals surface area contributed by atoms with E-state index in [1.165, 1.54) is 10.4 Å². The van der Waals surface area contributed by atoms with E-state index in [-0.39, 0.29) is 19.0 Å². The molecule has 1 aliphatic heterocycles. The fourth-order valence-electron chi connectivity index (χ4n) is 2.80. The first kappa shape index (κ1) is 20.1. The van der Waals surface area contributed by atoms with E-state index in [4.69, 9.17) is 16.9 Å². The van der Waals surface area contributed by atoms with E-state index >= 15 is 0 Å². The van der Waals surface area contributed by atoms with Gasteiger partial charge in [-0.25, -0.2) is 8.42 Å². The Morgan fingerprint density at radius 1 is 1.07 bits per heavy atom. The largest absolute Gasteiger partial charge is 0.336 e. The molecule has 0 aromatic heterocycles. The maximum atomic E-state index is 12.5. The van der Waals surface area contributed by atoms with Crippen molar-refractivity contribution in [1.29, 1.82) is 5.26 Å². The number of carbonyl (C=O) groups is 1. The second-order valence-corrected chi connectivity index (χ2v) is 8.61. The lowest BCUT2D eigenvalue weighted by Crippen LogP contribution is -2.51. The Morgan fingerprint density at radius 2 is 1.75 bits per heavy atom. The number of benzene rings is 2. The monoisotopic (exact) mass is 415 g/mol. The zero-order chi connectivity index (χ0) is 20.1. The third-order valence-corrected chi connectivity index (χ3v) is 6.17. The van der Waals surface area contributed by atoms with E-state index in [0.717, 1.165) is 11.0 Å². The smallest absolute Gasteiger partial charge is 0.238 e. The molecule has 0 saturated carbocycles. The van der Waals surface area contributed by atoms with Gasteiger partial charge in [-0.05, 0) is 41.5 Å². The molecule has 0 radical (unpaired) electrons. The van der Waals surface area contributed by atoms with E-state index in [9.17, 15) is 13.2 Å². The maximum Gasteiger partial charge on any atom is 0.238 e. The van der Waals surface area contributed by atoms with Crippen LogP contribution in [0.2, 0.25) is 5.02 Å². The Morgan fingerprint density at radius 3 is 2.36 bits per heavy atom. The highest BCUT2D eigenvalue weighted by atomic mass is 35.5. The number of hydrogen-bond acceptors (Lipinski definition) is 4. The standard InChI is InChI=1S/C20H18ClN3O3S/c21-19-7-5-16(6-8-19)9-12-28(26,27)24-11-10-23(20(25)15-24)14-18-3-1-17(13-22)2-4-18/h1-9,12H,10-11,14-15H2/b12-9+. The Kier molecular flexibility index (Phi) is 6.15. The van der Waals surface area contributed by atoms with Gasteiger partial charge in [-0.15, -0.1) is 0 Å². The molecule has 6 nitrogen and oxygen atoms in total. The Balaban J connectivity index is 1.62. The number of amides is 1. The van der Waals surface area contributed by atoms with E-state index in [1.54, 1.807) is 53.4 Å². The Labute approximate surface area is 169 Å².